The van der Waals surface area contributed by atoms with Crippen LogP contribution < -0.4 is 19.7 Å². The van der Waals surface area contributed by atoms with E-state index < -0.39 is 10.0 Å². The quantitative estimate of drug-likeness (QED) is 0.537. The minimum atomic E-state index is -3.49. The van der Waals surface area contributed by atoms with Gasteiger partial charge in [0.1, 0.15) is 0 Å². The summed E-state index contributed by atoms with van der Waals surface area (Å²) in [7, 11) is -0.300. The largest absolute Gasteiger partial charge is 0.493 e. The summed E-state index contributed by atoms with van der Waals surface area (Å²) in [6, 6.07) is 10.9. The Balaban J connectivity index is 1.57. The van der Waals surface area contributed by atoms with Gasteiger partial charge in [0, 0.05) is 31.9 Å². The van der Waals surface area contributed by atoms with Crippen LogP contribution in [0.15, 0.2) is 41.3 Å². The van der Waals surface area contributed by atoms with E-state index in [1.807, 2.05) is 43.0 Å². The lowest BCUT2D eigenvalue weighted by molar-refractivity contribution is -0.119. The van der Waals surface area contributed by atoms with Crippen LogP contribution >= 0.6 is 0 Å². The number of anilines is 1. The van der Waals surface area contributed by atoms with Gasteiger partial charge in [0.25, 0.3) is 0 Å². The number of benzene rings is 2. The standard InChI is InChI=1S/C24H33N3O5S/c1-5-27(6-2)33(29,30)20-8-9-21-19(16-20)12-14-26(21)17-24(28)25-13-11-18-7-10-22(31-3)23(15-18)32-4/h7-10,15-16H,5-6,11-14,17H2,1-4H3,(H,25,28). The molecule has 0 bridgehead atoms. The summed E-state index contributed by atoms with van der Waals surface area (Å²) in [4.78, 5) is 14.8. The van der Waals surface area contributed by atoms with Crippen molar-refractivity contribution in [2.75, 3.05) is 51.8 Å². The smallest absolute Gasteiger partial charge is 0.243 e. The molecule has 180 valence electrons. The van der Waals surface area contributed by atoms with Gasteiger partial charge < -0.3 is 19.7 Å². The molecule has 1 heterocycles. The summed E-state index contributed by atoms with van der Waals surface area (Å²) >= 11 is 0. The van der Waals surface area contributed by atoms with Gasteiger partial charge in [-0.1, -0.05) is 19.9 Å². The van der Waals surface area contributed by atoms with Crippen molar-refractivity contribution in [3.8, 4) is 11.5 Å². The van der Waals surface area contributed by atoms with Crippen molar-refractivity contribution >= 4 is 21.6 Å². The summed E-state index contributed by atoms with van der Waals surface area (Å²) in [5.74, 6) is 1.27. The highest BCUT2D eigenvalue weighted by Crippen LogP contribution is 2.31. The first-order valence-corrected chi connectivity index (χ1v) is 12.6. The SMILES string of the molecule is CCN(CC)S(=O)(=O)c1ccc2c(c1)CCN2CC(=O)NCCc1ccc(OC)c(OC)c1. The predicted octanol–water partition coefficient (Wildman–Crippen LogP) is 2.46. The molecule has 1 amide bonds. The Kier molecular flexibility index (Phi) is 8.20. The number of nitrogens with zero attached hydrogens (tertiary/aromatic N) is 2. The van der Waals surface area contributed by atoms with E-state index in [0.29, 0.717) is 49.0 Å². The number of ether oxygens (including phenoxy) is 2. The number of carbonyl (C=O) groups excluding carboxylic acids is 1. The van der Waals surface area contributed by atoms with Gasteiger partial charge in [-0.3, -0.25) is 4.79 Å². The number of nitrogens with one attached hydrogen (secondary N) is 1. The number of rotatable bonds is 11. The first kappa shape index (κ1) is 24.9. The number of amides is 1. The molecule has 0 aliphatic carbocycles. The lowest BCUT2D eigenvalue weighted by Crippen LogP contribution is -2.37. The minimum Gasteiger partial charge on any atom is -0.493 e. The highest BCUT2D eigenvalue weighted by molar-refractivity contribution is 7.89. The number of carbonyl (C=O) groups is 1. The third-order valence-corrected chi connectivity index (χ3v) is 7.95. The zero-order chi connectivity index (χ0) is 24.0. The van der Waals surface area contributed by atoms with Crippen LogP contribution in [0.5, 0.6) is 11.5 Å². The normalized spacial score (nSPS) is 13.2. The molecule has 8 nitrogen and oxygen atoms in total. The van der Waals surface area contributed by atoms with Crippen molar-refractivity contribution in [1.29, 1.82) is 0 Å². The van der Waals surface area contributed by atoms with Gasteiger partial charge >= 0.3 is 0 Å². The second-order valence-electron chi connectivity index (χ2n) is 7.84. The van der Waals surface area contributed by atoms with Crippen LogP contribution in [0.3, 0.4) is 0 Å². The molecule has 33 heavy (non-hydrogen) atoms. The Morgan fingerprint density at radius 1 is 1.06 bits per heavy atom. The Bertz CT molecular complexity index is 1080. The first-order valence-electron chi connectivity index (χ1n) is 11.2. The van der Waals surface area contributed by atoms with Crippen LogP contribution in [0.4, 0.5) is 5.69 Å². The Morgan fingerprint density at radius 2 is 1.79 bits per heavy atom. The monoisotopic (exact) mass is 475 g/mol. The first-order chi connectivity index (χ1) is 15.8. The van der Waals surface area contributed by atoms with Crippen LogP contribution in [0.2, 0.25) is 0 Å². The van der Waals surface area contributed by atoms with Crippen molar-refractivity contribution in [1.82, 2.24) is 9.62 Å². The lowest BCUT2D eigenvalue weighted by Gasteiger charge is -2.21. The van der Waals surface area contributed by atoms with Crippen LogP contribution in [-0.4, -0.2) is 65.6 Å². The van der Waals surface area contributed by atoms with E-state index in [1.54, 1.807) is 26.4 Å². The van der Waals surface area contributed by atoms with E-state index in [1.165, 1.54) is 4.31 Å². The van der Waals surface area contributed by atoms with E-state index >= 15 is 0 Å². The maximum Gasteiger partial charge on any atom is 0.243 e. The maximum atomic E-state index is 12.8. The summed E-state index contributed by atoms with van der Waals surface area (Å²) in [5, 5.41) is 2.97. The minimum absolute atomic E-state index is 0.0665. The summed E-state index contributed by atoms with van der Waals surface area (Å²) in [5.41, 5.74) is 2.92. The molecule has 1 N–H and O–H groups in total. The topological polar surface area (TPSA) is 88.2 Å². The summed E-state index contributed by atoms with van der Waals surface area (Å²) < 4.78 is 37.6. The van der Waals surface area contributed by atoms with Gasteiger partial charge in [0.05, 0.1) is 25.7 Å². The molecule has 0 unspecified atom stereocenters. The summed E-state index contributed by atoms with van der Waals surface area (Å²) in [6.07, 6.45) is 1.39. The summed E-state index contributed by atoms with van der Waals surface area (Å²) in [6.45, 7) is 5.97. The fourth-order valence-corrected chi connectivity index (χ4v) is 5.60. The highest BCUT2D eigenvalue weighted by Gasteiger charge is 2.26. The molecule has 1 aliphatic rings. The number of fused-ring (bicyclic) bond motifs is 1. The Hall–Kier alpha value is -2.78. The molecule has 0 fully saturated rings. The average molecular weight is 476 g/mol. The lowest BCUT2D eigenvalue weighted by atomic mass is 10.1. The molecule has 0 saturated carbocycles. The van der Waals surface area contributed by atoms with E-state index in [-0.39, 0.29) is 12.5 Å². The van der Waals surface area contributed by atoms with Gasteiger partial charge in [-0.05, 0) is 54.3 Å². The third kappa shape index (κ3) is 5.59. The molecular formula is C24H33N3O5S. The van der Waals surface area contributed by atoms with Crippen LogP contribution in [0, 0.1) is 0 Å². The Labute approximate surface area is 196 Å². The number of hydrogen-bond donors (Lipinski definition) is 1. The van der Waals surface area contributed by atoms with Crippen LogP contribution in [0.1, 0.15) is 25.0 Å². The van der Waals surface area contributed by atoms with Gasteiger partial charge in [-0.2, -0.15) is 4.31 Å². The van der Waals surface area contributed by atoms with Gasteiger partial charge in [-0.25, -0.2) is 8.42 Å². The Morgan fingerprint density at radius 3 is 2.45 bits per heavy atom. The van der Waals surface area contributed by atoms with Crippen molar-refractivity contribution in [3.05, 3.63) is 47.5 Å². The molecule has 2 aromatic rings. The average Bonchev–Trinajstić information content (AvgIpc) is 3.21. The van der Waals surface area contributed by atoms with Gasteiger partial charge in [0.15, 0.2) is 11.5 Å². The molecule has 0 saturated heterocycles. The maximum absolute atomic E-state index is 12.8. The van der Waals surface area contributed by atoms with Crippen molar-refractivity contribution in [3.63, 3.8) is 0 Å². The van der Waals surface area contributed by atoms with E-state index in [9.17, 15) is 13.2 Å². The molecular weight excluding hydrogens is 442 g/mol. The zero-order valence-corrected chi connectivity index (χ0v) is 20.6. The van der Waals surface area contributed by atoms with Gasteiger partial charge in [0.2, 0.25) is 15.9 Å². The van der Waals surface area contributed by atoms with Crippen molar-refractivity contribution in [2.24, 2.45) is 0 Å². The fraction of sp³-hybridized carbons (Fsp3) is 0.458. The fourth-order valence-electron chi connectivity index (χ4n) is 4.10. The molecule has 3 rings (SSSR count). The van der Waals surface area contributed by atoms with Gasteiger partial charge in [-0.15, -0.1) is 0 Å². The van der Waals surface area contributed by atoms with Crippen molar-refractivity contribution < 1.29 is 22.7 Å². The zero-order valence-electron chi connectivity index (χ0n) is 19.8. The molecule has 0 radical (unpaired) electrons. The molecule has 9 heteroatoms. The van der Waals surface area contributed by atoms with E-state index in [2.05, 4.69) is 5.32 Å². The molecule has 1 aliphatic heterocycles. The van der Waals surface area contributed by atoms with E-state index in [0.717, 1.165) is 23.2 Å². The number of sulfonamides is 1. The number of methoxy groups -OCH3 is 2. The second kappa shape index (κ2) is 10.9. The van der Waals surface area contributed by atoms with Crippen LogP contribution in [0.25, 0.3) is 0 Å². The molecule has 0 atom stereocenters. The second-order valence-corrected chi connectivity index (χ2v) is 9.78. The molecule has 0 spiro atoms. The third-order valence-electron chi connectivity index (χ3n) is 5.90. The highest BCUT2D eigenvalue weighted by atomic mass is 32.2. The van der Waals surface area contributed by atoms with E-state index in [4.69, 9.17) is 9.47 Å². The van der Waals surface area contributed by atoms with Crippen molar-refractivity contribution in [2.45, 2.75) is 31.6 Å². The predicted molar refractivity (Wildman–Crippen MR) is 129 cm³/mol. The molecule has 2 aromatic carbocycles. The number of hydrogen-bond acceptors (Lipinski definition) is 6. The molecule has 0 aromatic heterocycles. The van der Waals surface area contributed by atoms with Crippen LogP contribution in [-0.2, 0) is 27.7 Å².